The number of imidazole rings is 1. The van der Waals surface area contributed by atoms with Crippen molar-refractivity contribution >= 4 is 22.6 Å². The van der Waals surface area contributed by atoms with Crippen molar-refractivity contribution in [2.24, 2.45) is 0 Å². The third-order valence-electron chi connectivity index (χ3n) is 5.28. The summed E-state index contributed by atoms with van der Waals surface area (Å²) in [5.41, 5.74) is 2.70. The van der Waals surface area contributed by atoms with E-state index in [4.69, 9.17) is 0 Å². The maximum absolute atomic E-state index is 13.0. The molecule has 1 fully saturated rings. The molecule has 0 saturated carbocycles. The number of aryl methyl sites for hydroxylation is 2. The van der Waals surface area contributed by atoms with Crippen molar-refractivity contribution in [3.05, 3.63) is 54.7 Å². The second-order valence-electron chi connectivity index (χ2n) is 7.19. The van der Waals surface area contributed by atoms with E-state index in [2.05, 4.69) is 19.9 Å². The fraction of sp³-hybridized carbons (Fsp3) is 0.381. The van der Waals surface area contributed by atoms with Crippen molar-refractivity contribution in [1.82, 2.24) is 19.4 Å². The van der Waals surface area contributed by atoms with Crippen molar-refractivity contribution in [2.75, 3.05) is 11.9 Å². The predicted octanol–water partition coefficient (Wildman–Crippen LogP) is 4.22. The standard InChI is InChI=1S/C21H25N5O/c1-16-8-9-18-19(23-16)6-4-7-20(18)24-21(27)26-12-3-2-5-17(26)10-13-25-14-11-22-15-25/h4,6-9,11,14-15,17H,2-3,5,10,12-13H2,1H3,(H,24,27)/t17-/m0/s1. The first-order chi connectivity index (χ1) is 13.2. The number of hydrogen-bond donors (Lipinski definition) is 1. The van der Waals surface area contributed by atoms with Gasteiger partial charge in [0.1, 0.15) is 0 Å². The molecule has 1 atom stereocenters. The summed E-state index contributed by atoms with van der Waals surface area (Å²) in [6.45, 7) is 3.66. The third kappa shape index (κ3) is 3.94. The highest BCUT2D eigenvalue weighted by Gasteiger charge is 2.26. The number of nitrogens with one attached hydrogen (secondary N) is 1. The van der Waals surface area contributed by atoms with Crippen molar-refractivity contribution in [3.63, 3.8) is 0 Å². The molecule has 1 N–H and O–H groups in total. The molecule has 1 aliphatic heterocycles. The second kappa shape index (κ2) is 7.78. The number of hydrogen-bond acceptors (Lipinski definition) is 3. The van der Waals surface area contributed by atoms with Crippen LogP contribution in [0, 0.1) is 6.92 Å². The molecule has 2 aromatic heterocycles. The van der Waals surface area contributed by atoms with E-state index >= 15 is 0 Å². The SMILES string of the molecule is Cc1ccc2c(NC(=O)N3CCCC[C@H]3CCn3ccnc3)cccc2n1. The number of amides is 2. The van der Waals surface area contributed by atoms with E-state index in [1.54, 1.807) is 6.20 Å². The molecule has 27 heavy (non-hydrogen) atoms. The highest BCUT2D eigenvalue weighted by atomic mass is 16.2. The van der Waals surface area contributed by atoms with Crippen LogP contribution >= 0.6 is 0 Å². The molecule has 0 aliphatic carbocycles. The fourth-order valence-electron chi connectivity index (χ4n) is 3.84. The maximum atomic E-state index is 13.0. The Morgan fingerprint density at radius 3 is 3.04 bits per heavy atom. The summed E-state index contributed by atoms with van der Waals surface area (Å²) in [4.78, 5) is 23.7. The zero-order chi connectivity index (χ0) is 18.6. The summed E-state index contributed by atoms with van der Waals surface area (Å²) in [7, 11) is 0. The normalized spacial score (nSPS) is 17.2. The van der Waals surface area contributed by atoms with Crippen LogP contribution in [0.4, 0.5) is 10.5 Å². The van der Waals surface area contributed by atoms with Crippen LogP contribution in [0.3, 0.4) is 0 Å². The number of piperidine rings is 1. The van der Waals surface area contributed by atoms with Crippen LogP contribution < -0.4 is 5.32 Å². The van der Waals surface area contributed by atoms with Crippen LogP contribution in [-0.4, -0.2) is 38.1 Å². The van der Waals surface area contributed by atoms with Crippen LogP contribution in [0.1, 0.15) is 31.4 Å². The molecule has 3 heterocycles. The quantitative estimate of drug-likeness (QED) is 0.755. The fourth-order valence-corrected chi connectivity index (χ4v) is 3.84. The molecule has 0 radical (unpaired) electrons. The summed E-state index contributed by atoms with van der Waals surface area (Å²) in [6, 6.07) is 10.1. The van der Waals surface area contributed by atoms with Gasteiger partial charge in [-0.1, -0.05) is 6.07 Å². The van der Waals surface area contributed by atoms with Crippen molar-refractivity contribution in [1.29, 1.82) is 0 Å². The van der Waals surface area contributed by atoms with Gasteiger partial charge in [-0.3, -0.25) is 4.98 Å². The number of carbonyl (C=O) groups excluding carboxylic acids is 1. The zero-order valence-corrected chi connectivity index (χ0v) is 15.6. The van der Waals surface area contributed by atoms with E-state index in [1.165, 1.54) is 6.42 Å². The minimum absolute atomic E-state index is 0.0154. The van der Waals surface area contributed by atoms with Crippen molar-refractivity contribution in [2.45, 2.75) is 45.2 Å². The van der Waals surface area contributed by atoms with Gasteiger partial charge in [-0.2, -0.15) is 0 Å². The van der Waals surface area contributed by atoms with Gasteiger partial charge >= 0.3 is 6.03 Å². The highest BCUT2D eigenvalue weighted by Crippen LogP contribution is 2.25. The Hall–Kier alpha value is -2.89. The zero-order valence-electron chi connectivity index (χ0n) is 15.6. The Balaban J connectivity index is 1.49. The van der Waals surface area contributed by atoms with Crippen molar-refractivity contribution in [3.8, 4) is 0 Å². The van der Waals surface area contributed by atoms with Gasteiger partial charge in [0.05, 0.1) is 17.5 Å². The minimum Gasteiger partial charge on any atom is -0.337 e. The number of likely N-dealkylation sites (tertiary alicyclic amines) is 1. The smallest absolute Gasteiger partial charge is 0.322 e. The molecular formula is C21H25N5O. The molecule has 1 aliphatic rings. The number of fused-ring (bicyclic) bond motifs is 1. The lowest BCUT2D eigenvalue weighted by Gasteiger charge is -2.36. The number of benzene rings is 1. The number of anilines is 1. The Labute approximate surface area is 159 Å². The lowest BCUT2D eigenvalue weighted by atomic mass is 9.99. The number of pyridine rings is 1. The molecule has 0 unspecified atom stereocenters. The first-order valence-corrected chi connectivity index (χ1v) is 9.60. The van der Waals surface area contributed by atoms with E-state index < -0.39 is 0 Å². The molecule has 2 amide bonds. The topological polar surface area (TPSA) is 63.1 Å². The molecule has 4 rings (SSSR count). The molecule has 140 valence electrons. The van der Waals surface area contributed by atoms with Crippen LogP contribution in [-0.2, 0) is 6.54 Å². The largest absolute Gasteiger partial charge is 0.337 e. The molecule has 1 saturated heterocycles. The highest BCUT2D eigenvalue weighted by molar-refractivity contribution is 6.00. The maximum Gasteiger partial charge on any atom is 0.322 e. The van der Waals surface area contributed by atoms with Gasteiger partial charge in [-0.25, -0.2) is 9.78 Å². The Kier molecular flexibility index (Phi) is 5.05. The van der Waals surface area contributed by atoms with E-state index in [1.807, 2.05) is 54.7 Å². The molecule has 3 aromatic rings. The van der Waals surface area contributed by atoms with Crippen LogP contribution in [0.5, 0.6) is 0 Å². The molecule has 6 nitrogen and oxygen atoms in total. The number of carbonyl (C=O) groups is 1. The van der Waals surface area contributed by atoms with Gasteiger partial charge in [-0.05, 0) is 56.9 Å². The van der Waals surface area contributed by atoms with Gasteiger partial charge in [0.25, 0.3) is 0 Å². The molecule has 0 spiro atoms. The van der Waals surface area contributed by atoms with Crippen LogP contribution in [0.2, 0.25) is 0 Å². The van der Waals surface area contributed by atoms with Gasteiger partial charge in [0.2, 0.25) is 0 Å². The van der Waals surface area contributed by atoms with Gasteiger partial charge < -0.3 is 14.8 Å². The molecular weight excluding hydrogens is 338 g/mol. The van der Waals surface area contributed by atoms with Crippen molar-refractivity contribution < 1.29 is 4.79 Å². The van der Waals surface area contributed by atoms with Gasteiger partial charge in [-0.15, -0.1) is 0 Å². The van der Waals surface area contributed by atoms with E-state index in [0.717, 1.165) is 54.6 Å². The third-order valence-corrected chi connectivity index (χ3v) is 5.28. The number of urea groups is 1. The molecule has 0 bridgehead atoms. The molecule has 1 aromatic carbocycles. The lowest BCUT2D eigenvalue weighted by molar-refractivity contribution is 0.155. The Morgan fingerprint density at radius 2 is 2.19 bits per heavy atom. The van der Waals surface area contributed by atoms with Crippen LogP contribution in [0.15, 0.2) is 49.1 Å². The average molecular weight is 363 g/mol. The van der Waals surface area contributed by atoms with Gasteiger partial charge in [0, 0.05) is 42.6 Å². The number of rotatable bonds is 4. The van der Waals surface area contributed by atoms with E-state index in [9.17, 15) is 4.79 Å². The summed E-state index contributed by atoms with van der Waals surface area (Å²) < 4.78 is 2.07. The average Bonchev–Trinajstić information content (AvgIpc) is 3.20. The monoisotopic (exact) mass is 363 g/mol. The first kappa shape index (κ1) is 17.5. The summed E-state index contributed by atoms with van der Waals surface area (Å²) in [5, 5.41) is 4.10. The summed E-state index contributed by atoms with van der Waals surface area (Å²) in [6.07, 6.45) is 9.83. The van der Waals surface area contributed by atoms with Crippen LogP contribution in [0.25, 0.3) is 10.9 Å². The number of nitrogens with zero attached hydrogens (tertiary/aromatic N) is 4. The summed E-state index contributed by atoms with van der Waals surface area (Å²) in [5.74, 6) is 0. The summed E-state index contributed by atoms with van der Waals surface area (Å²) >= 11 is 0. The first-order valence-electron chi connectivity index (χ1n) is 9.60. The van der Waals surface area contributed by atoms with Gasteiger partial charge in [0.15, 0.2) is 0 Å². The van der Waals surface area contributed by atoms with E-state index in [-0.39, 0.29) is 12.1 Å². The lowest BCUT2D eigenvalue weighted by Crippen LogP contribution is -2.46. The Bertz CT molecular complexity index is 921. The predicted molar refractivity (Wildman–Crippen MR) is 107 cm³/mol. The minimum atomic E-state index is -0.0154. The molecule has 6 heteroatoms. The number of aromatic nitrogens is 3. The Morgan fingerprint density at radius 1 is 1.26 bits per heavy atom. The van der Waals surface area contributed by atoms with E-state index in [0.29, 0.717) is 0 Å². The second-order valence-corrected chi connectivity index (χ2v) is 7.19.